The van der Waals surface area contributed by atoms with Crippen LogP contribution in [0.15, 0.2) is 53.6 Å². The number of hydrogen-bond donors (Lipinski definition) is 1. The molecule has 0 atom stereocenters. The van der Waals surface area contributed by atoms with Crippen molar-refractivity contribution in [3.8, 4) is 5.75 Å². The minimum Gasteiger partial charge on any atom is -0.484 e. The predicted octanol–water partition coefficient (Wildman–Crippen LogP) is 2.69. The van der Waals surface area contributed by atoms with Gasteiger partial charge in [-0.15, -0.1) is 0 Å². The van der Waals surface area contributed by atoms with Gasteiger partial charge in [0.1, 0.15) is 5.75 Å². The van der Waals surface area contributed by atoms with E-state index >= 15 is 0 Å². The third-order valence-corrected chi connectivity index (χ3v) is 3.19. The summed E-state index contributed by atoms with van der Waals surface area (Å²) in [6, 6.07) is 13.4. The number of carbonyl (C=O) groups excluding carboxylic acids is 1. The summed E-state index contributed by atoms with van der Waals surface area (Å²) in [7, 11) is 0. The van der Waals surface area contributed by atoms with Crippen LogP contribution < -0.4 is 10.2 Å². The second kappa shape index (κ2) is 8.42. The summed E-state index contributed by atoms with van der Waals surface area (Å²) in [5.74, 6) is 0.182. The quantitative estimate of drug-likeness (QED) is 0.480. The van der Waals surface area contributed by atoms with Crippen molar-refractivity contribution in [3.63, 3.8) is 0 Å². The van der Waals surface area contributed by atoms with Gasteiger partial charge in [0, 0.05) is 17.7 Å². The average Bonchev–Trinajstić information content (AvgIpc) is 2.60. The number of rotatable bonds is 7. The van der Waals surface area contributed by atoms with Crippen LogP contribution in [0.3, 0.4) is 0 Å². The van der Waals surface area contributed by atoms with Crippen molar-refractivity contribution in [3.05, 3.63) is 69.8 Å². The van der Waals surface area contributed by atoms with Crippen molar-refractivity contribution in [1.82, 2.24) is 5.43 Å². The van der Waals surface area contributed by atoms with E-state index in [9.17, 15) is 14.9 Å². The van der Waals surface area contributed by atoms with Crippen molar-refractivity contribution < 1.29 is 14.5 Å². The van der Waals surface area contributed by atoms with Crippen LogP contribution >= 0.6 is 0 Å². The Morgan fingerprint density at radius 3 is 2.71 bits per heavy atom. The molecule has 0 spiro atoms. The Labute approximate surface area is 139 Å². The van der Waals surface area contributed by atoms with Crippen LogP contribution in [0.2, 0.25) is 0 Å². The number of ether oxygens (including phenoxy) is 1. The van der Waals surface area contributed by atoms with Crippen LogP contribution in [-0.2, 0) is 11.2 Å². The summed E-state index contributed by atoms with van der Waals surface area (Å²) in [6.45, 7) is 1.89. The minimum absolute atomic E-state index is 0.0378. The molecule has 0 bridgehead atoms. The van der Waals surface area contributed by atoms with E-state index in [0.29, 0.717) is 11.3 Å². The van der Waals surface area contributed by atoms with Gasteiger partial charge in [0.2, 0.25) is 0 Å². The monoisotopic (exact) mass is 327 g/mol. The lowest BCUT2D eigenvalue weighted by Crippen LogP contribution is -2.24. The summed E-state index contributed by atoms with van der Waals surface area (Å²) >= 11 is 0. The number of hydrazone groups is 1. The van der Waals surface area contributed by atoms with Gasteiger partial charge in [-0.05, 0) is 24.1 Å². The second-order valence-electron chi connectivity index (χ2n) is 4.93. The summed E-state index contributed by atoms with van der Waals surface area (Å²) in [6.07, 6.45) is 2.27. The van der Waals surface area contributed by atoms with Gasteiger partial charge in [-0.25, -0.2) is 5.43 Å². The maximum Gasteiger partial charge on any atom is 0.277 e. The molecule has 124 valence electrons. The van der Waals surface area contributed by atoms with Gasteiger partial charge in [0.05, 0.1) is 11.1 Å². The fourth-order valence-corrected chi connectivity index (χ4v) is 1.90. The lowest BCUT2D eigenvalue weighted by Gasteiger charge is -2.05. The number of amides is 1. The van der Waals surface area contributed by atoms with Crippen molar-refractivity contribution >= 4 is 17.8 Å². The third kappa shape index (κ3) is 5.20. The summed E-state index contributed by atoms with van der Waals surface area (Å²) in [5, 5.41) is 14.4. The van der Waals surface area contributed by atoms with E-state index < -0.39 is 10.8 Å². The molecule has 0 unspecified atom stereocenters. The highest BCUT2D eigenvalue weighted by Gasteiger charge is 2.04. The van der Waals surface area contributed by atoms with E-state index in [-0.39, 0.29) is 12.3 Å². The van der Waals surface area contributed by atoms with Gasteiger partial charge in [-0.2, -0.15) is 5.10 Å². The molecule has 2 rings (SSSR count). The Balaban J connectivity index is 1.81. The van der Waals surface area contributed by atoms with Gasteiger partial charge >= 0.3 is 0 Å². The van der Waals surface area contributed by atoms with E-state index in [1.165, 1.54) is 23.9 Å². The van der Waals surface area contributed by atoms with Gasteiger partial charge in [-0.1, -0.05) is 31.2 Å². The van der Waals surface area contributed by atoms with Crippen LogP contribution in [0.4, 0.5) is 5.69 Å². The second-order valence-corrected chi connectivity index (χ2v) is 4.93. The van der Waals surface area contributed by atoms with Gasteiger partial charge < -0.3 is 4.74 Å². The lowest BCUT2D eigenvalue weighted by atomic mass is 10.2. The highest BCUT2D eigenvalue weighted by atomic mass is 16.6. The van der Waals surface area contributed by atoms with Crippen molar-refractivity contribution in [2.45, 2.75) is 13.3 Å². The van der Waals surface area contributed by atoms with E-state index in [1.54, 1.807) is 24.3 Å². The highest BCUT2D eigenvalue weighted by molar-refractivity contribution is 5.83. The number of nitrogens with zero attached hydrogens (tertiary/aromatic N) is 2. The molecule has 0 aromatic heterocycles. The van der Waals surface area contributed by atoms with Crippen LogP contribution in [0, 0.1) is 10.1 Å². The number of hydrogen-bond acceptors (Lipinski definition) is 5. The first-order valence-corrected chi connectivity index (χ1v) is 7.36. The third-order valence-electron chi connectivity index (χ3n) is 3.19. The highest BCUT2D eigenvalue weighted by Crippen LogP contribution is 2.12. The first-order chi connectivity index (χ1) is 11.6. The molecule has 2 aromatic carbocycles. The van der Waals surface area contributed by atoms with Crippen molar-refractivity contribution in [1.29, 1.82) is 0 Å². The molecular formula is C17H17N3O4. The fourth-order valence-electron chi connectivity index (χ4n) is 1.90. The van der Waals surface area contributed by atoms with Crippen LogP contribution in [0.5, 0.6) is 5.75 Å². The minimum atomic E-state index is -0.492. The molecule has 1 amide bonds. The predicted molar refractivity (Wildman–Crippen MR) is 90.1 cm³/mol. The summed E-state index contributed by atoms with van der Waals surface area (Å²) < 4.78 is 5.35. The molecular weight excluding hydrogens is 310 g/mol. The Morgan fingerprint density at radius 2 is 2.04 bits per heavy atom. The Kier molecular flexibility index (Phi) is 6.01. The molecule has 0 radical (unpaired) electrons. The maximum absolute atomic E-state index is 11.6. The number of benzene rings is 2. The van der Waals surface area contributed by atoms with E-state index in [0.717, 1.165) is 6.42 Å². The SMILES string of the molecule is CCc1ccc(OCC(=O)NN=Cc2cccc([N+](=O)[O-])c2)cc1. The van der Waals surface area contributed by atoms with Gasteiger partial charge in [-0.3, -0.25) is 14.9 Å². The molecule has 7 nitrogen and oxygen atoms in total. The molecule has 0 saturated carbocycles. The molecule has 0 heterocycles. The summed E-state index contributed by atoms with van der Waals surface area (Å²) in [4.78, 5) is 21.8. The molecule has 24 heavy (non-hydrogen) atoms. The van der Waals surface area contributed by atoms with Crippen molar-refractivity contribution in [2.24, 2.45) is 5.10 Å². The number of nitro benzene ring substituents is 1. The number of non-ortho nitro benzene ring substituents is 1. The maximum atomic E-state index is 11.6. The Bertz CT molecular complexity index is 742. The van der Waals surface area contributed by atoms with E-state index in [4.69, 9.17) is 4.74 Å². The first kappa shape index (κ1) is 17.1. The molecule has 1 N–H and O–H groups in total. The van der Waals surface area contributed by atoms with E-state index in [1.807, 2.05) is 12.1 Å². The lowest BCUT2D eigenvalue weighted by molar-refractivity contribution is -0.384. The number of carbonyl (C=O) groups is 1. The molecule has 0 aliphatic heterocycles. The molecule has 2 aromatic rings. The standard InChI is InChI=1S/C17H17N3O4/c1-2-13-6-8-16(9-7-13)24-12-17(21)19-18-11-14-4-3-5-15(10-14)20(22)23/h3-11H,2,12H2,1H3,(H,19,21). The smallest absolute Gasteiger partial charge is 0.277 e. The molecule has 0 saturated heterocycles. The zero-order valence-electron chi connectivity index (χ0n) is 13.1. The topological polar surface area (TPSA) is 93.8 Å². The van der Waals surface area contributed by atoms with Crippen LogP contribution in [-0.4, -0.2) is 23.7 Å². The van der Waals surface area contributed by atoms with Crippen LogP contribution in [0.25, 0.3) is 0 Å². The molecule has 7 heteroatoms. The Morgan fingerprint density at radius 1 is 1.29 bits per heavy atom. The Hall–Kier alpha value is -3.22. The zero-order chi connectivity index (χ0) is 17.4. The molecule has 0 aliphatic rings. The molecule has 0 aliphatic carbocycles. The average molecular weight is 327 g/mol. The number of nitro groups is 1. The summed E-state index contributed by atoms with van der Waals surface area (Å²) in [5.41, 5.74) is 3.97. The van der Waals surface area contributed by atoms with Crippen LogP contribution in [0.1, 0.15) is 18.1 Å². The number of aryl methyl sites for hydroxylation is 1. The first-order valence-electron chi connectivity index (χ1n) is 7.36. The molecule has 0 fully saturated rings. The van der Waals surface area contributed by atoms with Gasteiger partial charge in [0.25, 0.3) is 11.6 Å². The van der Waals surface area contributed by atoms with Crippen molar-refractivity contribution in [2.75, 3.05) is 6.61 Å². The zero-order valence-corrected chi connectivity index (χ0v) is 13.1. The normalized spacial score (nSPS) is 10.5. The van der Waals surface area contributed by atoms with E-state index in [2.05, 4.69) is 17.5 Å². The fraction of sp³-hybridized carbons (Fsp3) is 0.176. The number of nitrogens with one attached hydrogen (secondary N) is 1. The largest absolute Gasteiger partial charge is 0.484 e. The van der Waals surface area contributed by atoms with Gasteiger partial charge in [0.15, 0.2) is 6.61 Å².